The lowest BCUT2D eigenvalue weighted by Gasteiger charge is -2.14. The number of ether oxygens (including phenoxy) is 2. The van der Waals surface area contributed by atoms with Gasteiger partial charge >= 0.3 is 6.36 Å². The Morgan fingerprint density at radius 1 is 1.03 bits per heavy atom. The minimum absolute atomic E-state index is 0. The third kappa shape index (κ3) is 10.1. The van der Waals surface area contributed by atoms with Crippen LogP contribution in [0.2, 0.25) is 0 Å². The van der Waals surface area contributed by atoms with Gasteiger partial charge in [0.1, 0.15) is 11.5 Å². The molecule has 0 aliphatic carbocycles. The maximum atomic E-state index is 12.6. The summed E-state index contributed by atoms with van der Waals surface area (Å²) in [7, 11) is 1.58. The first-order valence-corrected chi connectivity index (χ1v) is 9.56. The highest BCUT2D eigenvalue weighted by Gasteiger charge is 2.31. The van der Waals surface area contributed by atoms with Crippen molar-refractivity contribution >= 4 is 35.8 Å². The summed E-state index contributed by atoms with van der Waals surface area (Å²) in [6, 6.07) is 13.1. The second-order valence-electron chi connectivity index (χ2n) is 6.33. The van der Waals surface area contributed by atoms with Gasteiger partial charge in [0.05, 0.1) is 20.2 Å². The molecule has 1 amide bonds. The molecule has 0 saturated heterocycles. The molecule has 0 aliphatic rings. The summed E-state index contributed by atoms with van der Waals surface area (Å²) in [6.07, 6.45) is -4.79. The molecule has 0 saturated carbocycles. The molecule has 0 bridgehead atoms. The lowest BCUT2D eigenvalue weighted by Crippen LogP contribution is -2.43. The van der Waals surface area contributed by atoms with Gasteiger partial charge in [0.15, 0.2) is 5.96 Å². The van der Waals surface area contributed by atoms with Crippen LogP contribution in [0.5, 0.6) is 11.5 Å². The van der Waals surface area contributed by atoms with Crippen molar-refractivity contribution in [1.29, 1.82) is 0 Å². The van der Waals surface area contributed by atoms with Gasteiger partial charge in [-0.05, 0) is 30.7 Å². The highest BCUT2D eigenvalue weighted by Crippen LogP contribution is 2.26. The molecule has 0 radical (unpaired) electrons. The first-order valence-electron chi connectivity index (χ1n) is 9.56. The van der Waals surface area contributed by atoms with Crippen LogP contribution in [0.3, 0.4) is 0 Å². The summed E-state index contributed by atoms with van der Waals surface area (Å²) in [5.41, 5.74) is 1.18. The highest BCUT2D eigenvalue weighted by atomic mass is 127. The smallest absolute Gasteiger partial charge is 0.497 e. The molecule has 3 N–H and O–H groups in total. The van der Waals surface area contributed by atoms with Gasteiger partial charge in [0, 0.05) is 18.7 Å². The average Bonchev–Trinajstić information content (AvgIpc) is 2.74. The molecule has 0 atom stereocenters. The number of alkyl halides is 3. The van der Waals surface area contributed by atoms with Crippen LogP contribution in [0, 0.1) is 0 Å². The van der Waals surface area contributed by atoms with Crippen LogP contribution in [-0.2, 0) is 17.9 Å². The zero-order valence-corrected chi connectivity index (χ0v) is 20.0. The second kappa shape index (κ2) is 13.7. The number of halogens is 4. The van der Waals surface area contributed by atoms with Crippen molar-refractivity contribution in [3.63, 3.8) is 0 Å². The van der Waals surface area contributed by atoms with Crippen LogP contribution >= 0.6 is 24.0 Å². The van der Waals surface area contributed by atoms with Gasteiger partial charge < -0.3 is 25.4 Å². The van der Waals surface area contributed by atoms with E-state index in [1.807, 2.05) is 19.1 Å². The van der Waals surface area contributed by atoms with Gasteiger partial charge in [-0.25, -0.2) is 4.99 Å². The molecule has 0 aromatic heterocycles. The number of nitrogens with zero attached hydrogens (tertiary/aromatic N) is 1. The number of nitrogens with one attached hydrogen (secondary N) is 3. The first-order chi connectivity index (χ1) is 14.8. The molecular formula is C21H26F3IN4O3. The Kier molecular flexibility index (Phi) is 11.7. The Morgan fingerprint density at radius 3 is 2.34 bits per heavy atom. The summed E-state index contributed by atoms with van der Waals surface area (Å²) < 4.78 is 46.8. The molecule has 0 aliphatic heterocycles. The van der Waals surface area contributed by atoms with Crippen LogP contribution in [0.15, 0.2) is 53.5 Å². The average molecular weight is 566 g/mol. The molecule has 2 aromatic carbocycles. The summed E-state index contributed by atoms with van der Waals surface area (Å²) in [5.74, 6) is 0.448. The SMILES string of the molecule is CCNC(=NCc1ccccc1OC(F)(F)F)NCC(=O)NCc1ccc(OC)cc1.I. The van der Waals surface area contributed by atoms with E-state index in [2.05, 4.69) is 25.7 Å². The van der Waals surface area contributed by atoms with E-state index >= 15 is 0 Å². The highest BCUT2D eigenvalue weighted by molar-refractivity contribution is 14.0. The van der Waals surface area contributed by atoms with Gasteiger partial charge in [0.25, 0.3) is 0 Å². The first kappa shape index (κ1) is 27.3. The maximum Gasteiger partial charge on any atom is 0.573 e. The molecule has 0 unspecified atom stereocenters. The Bertz CT molecular complexity index is 877. The number of aliphatic imine (C=N–C) groups is 1. The topological polar surface area (TPSA) is 84.0 Å². The number of hydrogen-bond donors (Lipinski definition) is 3. The third-order valence-electron chi connectivity index (χ3n) is 4.02. The quantitative estimate of drug-likeness (QED) is 0.246. The number of hydrogen-bond acceptors (Lipinski definition) is 4. The van der Waals surface area contributed by atoms with Gasteiger partial charge in [-0.3, -0.25) is 4.79 Å². The molecule has 2 aromatic rings. The third-order valence-corrected chi connectivity index (χ3v) is 4.02. The molecule has 0 heterocycles. The zero-order valence-electron chi connectivity index (χ0n) is 17.7. The van der Waals surface area contributed by atoms with Gasteiger partial charge in [-0.15, -0.1) is 37.1 Å². The van der Waals surface area contributed by atoms with Crippen LogP contribution in [0.4, 0.5) is 13.2 Å². The lowest BCUT2D eigenvalue weighted by atomic mass is 10.2. The number of methoxy groups -OCH3 is 1. The fraction of sp³-hybridized carbons (Fsp3) is 0.333. The number of guanidine groups is 1. The molecular weight excluding hydrogens is 540 g/mol. The Labute approximate surface area is 201 Å². The number of carbonyl (C=O) groups excluding carboxylic acids is 1. The number of amides is 1. The Morgan fingerprint density at radius 2 is 1.72 bits per heavy atom. The summed E-state index contributed by atoms with van der Waals surface area (Å²) in [6.45, 7) is 2.58. The van der Waals surface area contributed by atoms with Crippen molar-refractivity contribution in [1.82, 2.24) is 16.0 Å². The van der Waals surface area contributed by atoms with Gasteiger partial charge in [-0.1, -0.05) is 30.3 Å². The second-order valence-corrected chi connectivity index (χ2v) is 6.33. The van der Waals surface area contributed by atoms with Gasteiger partial charge in [0.2, 0.25) is 5.91 Å². The number of carbonyl (C=O) groups is 1. The van der Waals surface area contributed by atoms with Crippen LogP contribution in [-0.4, -0.2) is 38.4 Å². The molecule has 176 valence electrons. The summed E-state index contributed by atoms with van der Waals surface area (Å²) in [4.78, 5) is 16.3. The molecule has 32 heavy (non-hydrogen) atoms. The normalized spacial score (nSPS) is 11.2. The standard InChI is InChI=1S/C21H25F3N4O3.HI/c1-3-25-20(27-13-16-6-4-5-7-18(16)31-21(22,23)24)28-14-19(29)26-12-15-8-10-17(30-2)11-9-15;/h4-11H,3,12-14H2,1-2H3,(H,26,29)(H2,25,27,28);1H. The monoisotopic (exact) mass is 566 g/mol. The summed E-state index contributed by atoms with van der Waals surface area (Å²) in [5, 5.41) is 8.57. The van der Waals surface area contributed by atoms with E-state index in [1.54, 1.807) is 25.3 Å². The largest absolute Gasteiger partial charge is 0.573 e. The van der Waals surface area contributed by atoms with Crippen LogP contribution < -0.4 is 25.4 Å². The number of para-hydroxylation sites is 1. The van der Waals surface area contributed by atoms with Crippen molar-refractivity contribution in [2.45, 2.75) is 26.4 Å². The van der Waals surface area contributed by atoms with E-state index in [4.69, 9.17) is 4.74 Å². The fourth-order valence-electron chi connectivity index (χ4n) is 2.54. The molecule has 0 spiro atoms. The van der Waals surface area contributed by atoms with Crippen molar-refractivity contribution in [3.05, 3.63) is 59.7 Å². The number of benzene rings is 2. The van der Waals surface area contributed by atoms with E-state index in [0.717, 1.165) is 11.3 Å². The van der Waals surface area contributed by atoms with Crippen LogP contribution in [0.1, 0.15) is 18.1 Å². The Balaban J connectivity index is 0.00000512. The van der Waals surface area contributed by atoms with Crippen molar-refractivity contribution in [3.8, 4) is 11.5 Å². The van der Waals surface area contributed by atoms with Crippen molar-refractivity contribution < 1.29 is 27.4 Å². The molecule has 0 fully saturated rings. The molecule has 11 heteroatoms. The van der Waals surface area contributed by atoms with E-state index < -0.39 is 6.36 Å². The Hall–Kier alpha value is -2.70. The lowest BCUT2D eigenvalue weighted by molar-refractivity contribution is -0.274. The predicted molar refractivity (Wildman–Crippen MR) is 126 cm³/mol. The van der Waals surface area contributed by atoms with E-state index in [0.29, 0.717) is 19.0 Å². The zero-order chi connectivity index (χ0) is 22.7. The van der Waals surface area contributed by atoms with Gasteiger partial charge in [-0.2, -0.15) is 0 Å². The minimum Gasteiger partial charge on any atom is -0.497 e. The minimum atomic E-state index is -4.79. The van der Waals surface area contributed by atoms with Crippen molar-refractivity contribution in [2.75, 3.05) is 20.2 Å². The summed E-state index contributed by atoms with van der Waals surface area (Å²) >= 11 is 0. The maximum absolute atomic E-state index is 12.6. The number of rotatable bonds is 9. The van der Waals surface area contributed by atoms with E-state index in [9.17, 15) is 18.0 Å². The predicted octanol–water partition coefficient (Wildman–Crippen LogP) is 3.58. The van der Waals surface area contributed by atoms with E-state index in [1.165, 1.54) is 18.2 Å². The molecule has 2 rings (SSSR count). The van der Waals surface area contributed by atoms with Crippen molar-refractivity contribution in [2.24, 2.45) is 4.99 Å². The van der Waals surface area contributed by atoms with Crippen LogP contribution in [0.25, 0.3) is 0 Å². The van der Waals surface area contributed by atoms with E-state index in [-0.39, 0.29) is 54.3 Å². The molecule has 7 nitrogen and oxygen atoms in total. The fourth-order valence-corrected chi connectivity index (χ4v) is 2.54.